The summed E-state index contributed by atoms with van der Waals surface area (Å²) in [4.78, 5) is 2.45. The highest BCUT2D eigenvalue weighted by Crippen LogP contribution is 2.33. The molecule has 1 aliphatic carbocycles. The van der Waals surface area contributed by atoms with Gasteiger partial charge in [0.25, 0.3) is 0 Å². The number of aliphatic hydroxyl groups is 1. The molecule has 1 heterocycles. The van der Waals surface area contributed by atoms with Gasteiger partial charge in [0.05, 0.1) is 23.5 Å². The molecule has 104 valence electrons. The molecular formula is C16H24N2O. The fourth-order valence-electron chi connectivity index (χ4n) is 3.44. The normalized spacial score (nSPS) is 27.9. The van der Waals surface area contributed by atoms with E-state index in [2.05, 4.69) is 34.5 Å². The lowest BCUT2D eigenvalue weighted by molar-refractivity contribution is 0.132. The molecule has 1 aromatic carbocycles. The van der Waals surface area contributed by atoms with Gasteiger partial charge in [-0.1, -0.05) is 31.4 Å². The van der Waals surface area contributed by atoms with Crippen molar-refractivity contribution < 1.29 is 5.11 Å². The lowest BCUT2D eigenvalue weighted by Gasteiger charge is -2.35. The first-order chi connectivity index (χ1) is 9.36. The summed E-state index contributed by atoms with van der Waals surface area (Å²) in [6.07, 6.45) is 6.72. The Morgan fingerprint density at radius 3 is 2.84 bits per heavy atom. The highest BCUT2D eigenvalue weighted by molar-refractivity contribution is 5.71. The number of para-hydroxylation sites is 2. The quantitative estimate of drug-likeness (QED) is 0.762. The summed E-state index contributed by atoms with van der Waals surface area (Å²) in [6.45, 7) is 2.07. The first-order valence-corrected chi connectivity index (χ1v) is 7.64. The van der Waals surface area contributed by atoms with Crippen LogP contribution < -0.4 is 10.2 Å². The van der Waals surface area contributed by atoms with Crippen LogP contribution in [0.1, 0.15) is 38.5 Å². The summed E-state index contributed by atoms with van der Waals surface area (Å²) < 4.78 is 0. The van der Waals surface area contributed by atoms with Crippen molar-refractivity contribution >= 4 is 11.4 Å². The van der Waals surface area contributed by atoms with Crippen molar-refractivity contribution in [1.29, 1.82) is 0 Å². The third-order valence-electron chi connectivity index (χ3n) is 4.45. The van der Waals surface area contributed by atoms with E-state index in [1.165, 1.54) is 30.6 Å². The Hall–Kier alpha value is -1.22. The van der Waals surface area contributed by atoms with Crippen LogP contribution in [-0.4, -0.2) is 30.3 Å². The highest BCUT2D eigenvalue weighted by atomic mass is 16.3. The Morgan fingerprint density at radius 2 is 1.89 bits per heavy atom. The monoisotopic (exact) mass is 260 g/mol. The van der Waals surface area contributed by atoms with E-state index in [0.29, 0.717) is 6.04 Å². The minimum absolute atomic E-state index is 0.173. The first kappa shape index (κ1) is 12.8. The average molecular weight is 260 g/mol. The molecular weight excluding hydrogens is 236 g/mol. The number of benzene rings is 1. The molecule has 0 bridgehead atoms. The van der Waals surface area contributed by atoms with E-state index in [-0.39, 0.29) is 6.10 Å². The molecule has 2 N–H and O–H groups in total. The van der Waals surface area contributed by atoms with Crippen molar-refractivity contribution in [2.24, 2.45) is 0 Å². The Kier molecular flexibility index (Phi) is 3.92. The predicted molar refractivity (Wildman–Crippen MR) is 79.8 cm³/mol. The zero-order valence-corrected chi connectivity index (χ0v) is 11.5. The Balaban J connectivity index is 1.90. The van der Waals surface area contributed by atoms with Gasteiger partial charge in [-0.05, 0) is 31.4 Å². The molecule has 3 heteroatoms. The number of anilines is 2. The molecule has 0 amide bonds. The van der Waals surface area contributed by atoms with E-state index in [9.17, 15) is 5.11 Å². The van der Waals surface area contributed by atoms with Gasteiger partial charge in [-0.2, -0.15) is 0 Å². The molecule has 19 heavy (non-hydrogen) atoms. The van der Waals surface area contributed by atoms with Gasteiger partial charge in [-0.25, -0.2) is 0 Å². The van der Waals surface area contributed by atoms with Gasteiger partial charge in [-0.3, -0.25) is 0 Å². The van der Waals surface area contributed by atoms with E-state index in [4.69, 9.17) is 0 Å². The summed E-state index contributed by atoms with van der Waals surface area (Å²) >= 11 is 0. The lowest BCUT2D eigenvalue weighted by Crippen LogP contribution is -2.43. The Labute approximate surface area is 115 Å². The molecule has 0 spiro atoms. The molecule has 1 saturated carbocycles. The number of aliphatic hydroxyl groups excluding tert-OH is 1. The second kappa shape index (κ2) is 5.83. The Bertz CT molecular complexity index is 421. The molecule has 0 aromatic heterocycles. The molecule has 0 radical (unpaired) electrons. The number of nitrogens with zero attached hydrogens (tertiary/aromatic N) is 1. The topological polar surface area (TPSA) is 35.5 Å². The van der Waals surface area contributed by atoms with Crippen LogP contribution in [0.5, 0.6) is 0 Å². The maximum Gasteiger partial charge on any atom is 0.0743 e. The highest BCUT2D eigenvalue weighted by Gasteiger charge is 2.29. The van der Waals surface area contributed by atoms with Crippen LogP contribution in [0.2, 0.25) is 0 Å². The Morgan fingerprint density at radius 1 is 1.05 bits per heavy atom. The zero-order chi connectivity index (χ0) is 13.1. The van der Waals surface area contributed by atoms with Gasteiger partial charge in [-0.15, -0.1) is 0 Å². The molecule has 3 nitrogen and oxygen atoms in total. The van der Waals surface area contributed by atoms with Gasteiger partial charge in [0.15, 0.2) is 0 Å². The lowest BCUT2D eigenvalue weighted by atomic mass is 10.0. The third-order valence-corrected chi connectivity index (χ3v) is 4.45. The number of fused-ring (bicyclic) bond motifs is 1. The van der Waals surface area contributed by atoms with Crippen molar-refractivity contribution in [3.63, 3.8) is 0 Å². The van der Waals surface area contributed by atoms with Crippen LogP contribution in [0.4, 0.5) is 11.4 Å². The summed E-state index contributed by atoms with van der Waals surface area (Å²) in [7, 11) is 0. The predicted octanol–water partition coefficient (Wildman–Crippen LogP) is 3.00. The molecule has 1 aliphatic heterocycles. The van der Waals surface area contributed by atoms with E-state index in [1.54, 1.807) is 0 Å². The SMILES string of the molecule is OC1CCCCCC1N1CCCNc2ccccc21. The summed E-state index contributed by atoms with van der Waals surface area (Å²) in [6, 6.07) is 8.81. The largest absolute Gasteiger partial charge is 0.391 e. The van der Waals surface area contributed by atoms with Crippen LogP contribution in [0.25, 0.3) is 0 Å². The molecule has 2 aliphatic rings. The second-order valence-corrected chi connectivity index (χ2v) is 5.76. The molecule has 3 rings (SSSR count). The number of hydrogen-bond donors (Lipinski definition) is 2. The van der Waals surface area contributed by atoms with Gasteiger partial charge in [0.1, 0.15) is 0 Å². The van der Waals surface area contributed by atoms with E-state index < -0.39 is 0 Å². The van der Waals surface area contributed by atoms with E-state index >= 15 is 0 Å². The standard InChI is InChI=1S/C16H24N2O/c19-16-10-3-1-2-9-15(16)18-12-6-11-17-13-7-4-5-8-14(13)18/h4-5,7-8,15-17,19H,1-3,6,9-12H2. The maximum atomic E-state index is 10.5. The van der Waals surface area contributed by atoms with Crippen LogP contribution in [0.3, 0.4) is 0 Å². The van der Waals surface area contributed by atoms with Crippen LogP contribution in [0, 0.1) is 0 Å². The van der Waals surface area contributed by atoms with Crippen molar-refractivity contribution in [2.75, 3.05) is 23.3 Å². The summed E-state index contributed by atoms with van der Waals surface area (Å²) in [5, 5.41) is 14.0. The first-order valence-electron chi connectivity index (χ1n) is 7.64. The van der Waals surface area contributed by atoms with Crippen molar-refractivity contribution in [1.82, 2.24) is 0 Å². The molecule has 2 unspecified atom stereocenters. The maximum absolute atomic E-state index is 10.5. The number of rotatable bonds is 1. The van der Waals surface area contributed by atoms with Gasteiger partial charge in [0, 0.05) is 13.1 Å². The van der Waals surface area contributed by atoms with Crippen molar-refractivity contribution in [3.8, 4) is 0 Å². The minimum Gasteiger partial charge on any atom is -0.391 e. The number of hydrogen-bond acceptors (Lipinski definition) is 3. The summed E-state index contributed by atoms with van der Waals surface area (Å²) in [5.74, 6) is 0. The number of nitrogens with one attached hydrogen (secondary N) is 1. The van der Waals surface area contributed by atoms with E-state index in [1.807, 2.05) is 0 Å². The smallest absolute Gasteiger partial charge is 0.0743 e. The van der Waals surface area contributed by atoms with Crippen LogP contribution in [-0.2, 0) is 0 Å². The van der Waals surface area contributed by atoms with Crippen LogP contribution in [0.15, 0.2) is 24.3 Å². The molecule has 0 saturated heterocycles. The zero-order valence-electron chi connectivity index (χ0n) is 11.5. The van der Waals surface area contributed by atoms with Gasteiger partial charge >= 0.3 is 0 Å². The average Bonchev–Trinajstić information content (AvgIpc) is 2.76. The fraction of sp³-hybridized carbons (Fsp3) is 0.625. The van der Waals surface area contributed by atoms with Gasteiger partial charge in [0.2, 0.25) is 0 Å². The second-order valence-electron chi connectivity index (χ2n) is 5.76. The van der Waals surface area contributed by atoms with Crippen molar-refractivity contribution in [3.05, 3.63) is 24.3 Å². The van der Waals surface area contributed by atoms with E-state index in [0.717, 1.165) is 32.4 Å². The minimum atomic E-state index is -0.173. The molecule has 1 fully saturated rings. The fourth-order valence-corrected chi connectivity index (χ4v) is 3.44. The molecule has 1 aromatic rings. The summed E-state index contributed by atoms with van der Waals surface area (Å²) in [5.41, 5.74) is 2.49. The molecule has 2 atom stereocenters. The third kappa shape index (κ3) is 2.71. The van der Waals surface area contributed by atoms with Crippen molar-refractivity contribution in [2.45, 2.75) is 50.7 Å². The van der Waals surface area contributed by atoms with Crippen LogP contribution >= 0.6 is 0 Å². The van der Waals surface area contributed by atoms with Gasteiger partial charge < -0.3 is 15.3 Å².